The molecule has 2 aromatic carbocycles. The van der Waals surface area contributed by atoms with Crippen LogP contribution in [0.25, 0.3) is 11.1 Å². The lowest BCUT2D eigenvalue weighted by Gasteiger charge is -2.25. The molecule has 4 nitrogen and oxygen atoms in total. The van der Waals surface area contributed by atoms with Gasteiger partial charge in [0, 0.05) is 18.4 Å². The van der Waals surface area contributed by atoms with Crippen molar-refractivity contribution in [1.82, 2.24) is 4.90 Å². The monoisotopic (exact) mass is 363 g/mol. The van der Waals surface area contributed by atoms with Gasteiger partial charge in [0.25, 0.3) is 0 Å². The van der Waals surface area contributed by atoms with Gasteiger partial charge in [0.1, 0.15) is 6.61 Å². The SMILES string of the molecule is CC(C)C(=O)C1CCCN1C(=O)OCC1c2ccccc2-c2ccccc21. The second-order valence-electron chi connectivity index (χ2n) is 7.71. The van der Waals surface area contributed by atoms with E-state index in [1.807, 2.05) is 38.1 Å². The van der Waals surface area contributed by atoms with Crippen molar-refractivity contribution < 1.29 is 14.3 Å². The number of nitrogens with zero attached hydrogens (tertiary/aromatic N) is 1. The second-order valence-corrected chi connectivity index (χ2v) is 7.71. The minimum atomic E-state index is -0.367. The fraction of sp³-hybridized carbons (Fsp3) is 0.391. The van der Waals surface area contributed by atoms with E-state index in [9.17, 15) is 9.59 Å². The van der Waals surface area contributed by atoms with Gasteiger partial charge >= 0.3 is 6.09 Å². The van der Waals surface area contributed by atoms with Crippen molar-refractivity contribution in [3.05, 3.63) is 59.7 Å². The maximum absolute atomic E-state index is 12.7. The van der Waals surface area contributed by atoms with Gasteiger partial charge < -0.3 is 4.74 Å². The number of hydrogen-bond donors (Lipinski definition) is 0. The zero-order valence-corrected chi connectivity index (χ0v) is 15.9. The smallest absolute Gasteiger partial charge is 0.410 e. The van der Waals surface area contributed by atoms with Crippen LogP contribution in [0.15, 0.2) is 48.5 Å². The molecule has 0 radical (unpaired) electrons. The highest BCUT2D eigenvalue weighted by Crippen LogP contribution is 2.44. The Bertz CT molecular complexity index is 828. The third-order valence-corrected chi connectivity index (χ3v) is 5.72. The highest BCUT2D eigenvalue weighted by molar-refractivity contribution is 5.89. The first-order valence-corrected chi connectivity index (χ1v) is 9.73. The quantitative estimate of drug-likeness (QED) is 0.796. The molecule has 27 heavy (non-hydrogen) atoms. The maximum atomic E-state index is 12.7. The average Bonchev–Trinajstić information content (AvgIpc) is 3.29. The van der Waals surface area contributed by atoms with Crippen LogP contribution in [0.4, 0.5) is 4.79 Å². The number of Topliss-reactive ketones (excluding diaryl/α,β-unsaturated/α-hetero) is 1. The van der Waals surface area contributed by atoms with E-state index in [0.29, 0.717) is 13.2 Å². The average molecular weight is 363 g/mol. The molecule has 4 heteroatoms. The molecule has 1 fully saturated rings. The van der Waals surface area contributed by atoms with Gasteiger partial charge in [-0.3, -0.25) is 9.69 Å². The van der Waals surface area contributed by atoms with Crippen LogP contribution in [0.1, 0.15) is 43.7 Å². The van der Waals surface area contributed by atoms with Gasteiger partial charge in [0.05, 0.1) is 6.04 Å². The number of fused-ring (bicyclic) bond motifs is 3. The molecule has 1 unspecified atom stereocenters. The molecule has 1 saturated heterocycles. The van der Waals surface area contributed by atoms with Crippen LogP contribution in [-0.2, 0) is 9.53 Å². The number of ether oxygens (including phenoxy) is 1. The molecule has 1 aliphatic carbocycles. The van der Waals surface area contributed by atoms with Crippen molar-refractivity contribution >= 4 is 11.9 Å². The molecule has 1 aliphatic heterocycles. The van der Waals surface area contributed by atoms with E-state index in [-0.39, 0.29) is 29.8 Å². The van der Waals surface area contributed by atoms with Crippen LogP contribution in [0.2, 0.25) is 0 Å². The Morgan fingerprint density at radius 3 is 2.22 bits per heavy atom. The molecule has 1 atom stereocenters. The summed E-state index contributed by atoms with van der Waals surface area (Å²) in [7, 11) is 0. The number of benzene rings is 2. The molecule has 0 bridgehead atoms. The lowest BCUT2D eigenvalue weighted by atomic mass is 9.98. The van der Waals surface area contributed by atoms with Crippen LogP contribution >= 0.6 is 0 Å². The summed E-state index contributed by atoms with van der Waals surface area (Å²) in [6.07, 6.45) is 1.22. The molecule has 0 aromatic heterocycles. The number of carbonyl (C=O) groups excluding carboxylic acids is 2. The maximum Gasteiger partial charge on any atom is 0.410 e. The number of hydrogen-bond acceptors (Lipinski definition) is 3. The molecule has 0 saturated carbocycles. The molecule has 2 aromatic rings. The van der Waals surface area contributed by atoms with Gasteiger partial charge in [0.2, 0.25) is 0 Å². The third kappa shape index (κ3) is 3.14. The minimum absolute atomic E-state index is 0.0446. The lowest BCUT2D eigenvalue weighted by molar-refractivity contribution is -0.125. The highest BCUT2D eigenvalue weighted by Gasteiger charge is 2.37. The van der Waals surface area contributed by atoms with E-state index in [4.69, 9.17) is 4.74 Å². The number of ketones is 1. The van der Waals surface area contributed by atoms with E-state index in [1.165, 1.54) is 22.3 Å². The van der Waals surface area contributed by atoms with Gasteiger partial charge in [0.15, 0.2) is 5.78 Å². The zero-order chi connectivity index (χ0) is 19.0. The van der Waals surface area contributed by atoms with Crippen molar-refractivity contribution in [2.45, 2.75) is 38.6 Å². The van der Waals surface area contributed by atoms with E-state index in [0.717, 1.165) is 12.8 Å². The molecule has 0 N–H and O–H groups in total. The first-order chi connectivity index (χ1) is 13.1. The molecule has 1 amide bonds. The molecular weight excluding hydrogens is 338 g/mol. The first kappa shape index (κ1) is 17.8. The highest BCUT2D eigenvalue weighted by atomic mass is 16.6. The number of rotatable bonds is 4. The summed E-state index contributed by atoms with van der Waals surface area (Å²) in [5.41, 5.74) is 4.82. The Kier molecular flexibility index (Phi) is 4.73. The normalized spacial score (nSPS) is 18.5. The summed E-state index contributed by atoms with van der Waals surface area (Å²) in [5.74, 6) is 0.0983. The summed E-state index contributed by atoms with van der Waals surface area (Å²) in [5, 5.41) is 0. The summed E-state index contributed by atoms with van der Waals surface area (Å²) < 4.78 is 5.72. The summed E-state index contributed by atoms with van der Waals surface area (Å²) >= 11 is 0. The summed E-state index contributed by atoms with van der Waals surface area (Å²) in [6.45, 7) is 4.67. The fourth-order valence-electron chi connectivity index (χ4n) is 4.34. The molecule has 4 rings (SSSR count). The standard InChI is InChI=1S/C23H25NO3/c1-15(2)22(25)21-12-7-13-24(21)23(26)27-14-20-18-10-5-3-8-16(18)17-9-4-6-11-19(17)20/h3-6,8-11,15,20-21H,7,12-14H2,1-2H3. The van der Waals surface area contributed by atoms with Crippen LogP contribution in [0.5, 0.6) is 0 Å². The van der Waals surface area contributed by atoms with Crippen LogP contribution in [0, 0.1) is 5.92 Å². The van der Waals surface area contributed by atoms with Gasteiger partial charge in [-0.15, -0.1) is 0 Å². The molecule has 1 heterocycles. The third-order valence-electron chi connectivity index (χ3n) is 5.72. The van der Waals surface area contributed by atoms with E-state index >= 15 is 0 Å². The molecule has 0 spiro atoms. The zero-order valence-electron chi connectivity index (χ0n) is 15.9. The molecule has 2 aliphatic rings. The van der Waals surface area contributed by atoms with Crippen molar-refractivity contribution in [1.29, 1.82) is 0 Å². The Balaban J connectivity index is 1.50. The van der Waals surface area contributed by atoms with E-state index in [1.54, 1.807) is 4.90 Å². The Morgan fingerprint density at radius 1 is 1.04 bits per heavy atom. The second kappa shape index (κ2) is 7.18. The molecular formula is C23H25NO3. The van der Waals surface area contributed by atoms with Crippen LogP contribution < -0.4 is 0 Å². The summed E-state index contributed by atoms with van der Waals surface area (Å²) in [4.78, 5) is 26.7. The van der Waals surface area contributed by atoms with Crippen molar-refractivity contribution in [2.24, 2.45) is 5.92 Å². The summed E-state index contributed by atoms with van der Waals surface area (Å²) in [6, 6.07) is 16.2. The largest absolute Gasteiger partial charge is 0.448 e. The first-order valence-electron chi connectivity index (χ1n) is 9.73. The lowest BCUT2D eigenvalue weighted by Crippen LogP contribution is -2.42. The van der Waals surface area contributed by atoms with Gasteiger partial charge in [-0.05, 0) is 35.1 Å². The number of carbonyl (C=O) groups is 2. The van der Waals surface area contributed by atoms with E-state index in [2.05, 4.69) is 24.3 Å². The predicted molar refractivity (Wildman–Crippen MR) is 105 cm³/mol. The minimum Gasteiger partial charge on any atom is -0.448 e. The fourth-order valence-corrected chi connectivity index (χ4v) is 4.34. The Hall–Kier alpha value is -2.62. The predicted octanol–water partition coefficient (Wildman–Crippen LogP) is 4.63. The number of amides is 1. The van der Waals surface area contributed by atoms with Gasteiger partial charge in [-0.2, -0.15) is 0 Å². The van der Waals surface area contributed by atoms with Gasteiger partial charge in [-0.1, -0.05) is 62.4 Å². The van der Waals surface area contributed by atoms with Crippen molar-refractivity contribution in [3.8, 4) is 11.1 Å². The number of likely N-dealkylation sites (tertiary alicyclic amines) is 1. The van der Waals surface area contributed by atoms with Crippen molar-refractivity contribution in [2.75, 3.05) is 13.2 Å². The van der Waals surface area contributed by atoms with Crippen LogP contribution in [0.3, 0.4) is 0 Å². The van der Waals surface area contributed by atoms with E-state index < -0.39 is 0 Å². The van der Waals surface area contributed by atoms with Crippen LogP contribution in [-0.4, -0.2) is 36.0 Å². The van der Waals surface area contributed by atoms with Crippen molar-refractivity contribution in [3.63, 3.8) is 0 Å². The Labute approximate surface area is 160 Å². The van der Waals surface area contributed by atoms with Gasteiger partial charge in [-0.25, -0.2) is 4.79 Å². The molecule has 140 valence electrons. The Morgan fingerprint density at radius 2 is 1.63 bits per heavy atom. The topological polar surface area (TPSA) is 46.6 Å².